The van der Waals surface area contributed by atoms with Crippen molar-refractivity contribution in [1.82, 2.24) is 5.06 Å². The molecular formula is C20H24NOPSe. The van der Waals surface area contributed by atoms with Gasteiger partial charge in [0.1, 0.15) is 0 Å². The van der Waals surface area contributed by atoms with Crippen LogP contribution in [0.1, 0.15) is 26.7 Å². The van der Waals surface area contributed by atoms with Gasteiger partial charge in [-0.2, -0.15) is 0 Å². The van der Waals surface area contributed by atoms with Crippen molar-refractivity contribution < 1.29 is 4.84 Å². The maximum absolute atomic E-state index is 6.24. The Morgan fingerprint density at radius 2 is 1.54 bits per heavy atom. The molecule has 0 unspecified atom stereocenters. The molecule has 0 N–H and O–H groups in total. The van der Waals surface area contributed by atoms with Crippen molar-refractivity contribution in [2.75, 3.05) is 6.61 Å². The third kappa shape index (κ3) is 2.59. The van der Waals surface area contributed by atoms with E-state index in [9.17, 15) is 0 Å². The maximum atomic E-state index is 6.24. The van der Waals surface area contributed by atoms with Gasteiger partial charge in [0.2, 0.25) is 0 Å². The minimum absolute atomic E-state index is 0.150. The summed E-state index contributed by atoms with van der Waals surface area (Å²) < 4.78 is 0. The van der Waals surface area contributed by atoms with Crippen molar-refractivity contribution in [3.63, 3.8) is 0 Å². The molecule has 0 aliphatic carbocycles. The summed E-state index contributed by atoms with van der Waals surface area (Å²) >= 11 is 3.71. The molecule has 2 fully saturated rings. The molecule has 0 aromatic heterocycles. The predicted molar refractivity (Wildman–Crippen MR) is 104 cm³/mol. The molecule has 2 aromatic carbocycles. The van der Waals surface area contributed by atoms with E-state index < -0.39 is 5.51 Å². The Hall–Kier alpha value is -0.691. The molecule has 126 valence electrons. The van der Waals surface area contributed by atoms with Crippen LogP contribution in [-0.2, 0) is 4.84 Å². The topological polar surface area (TPSA) is 12.5 Å². The number of fused-ring (bicyclic) bond motifs is 1. The van der Waals surface area contributed by atoms with Crippen molar-refractivity contribution in [3.8, 4) is 0 Å². The number of nitrogens with zero attached hydrogens (tertiary/aromatic N) is 1. The summed E-state index contributed by atoms with van der Waals surface area (Å²) in [4.78, 5) is 6.24. The van der Waals surface area contributed by atoms with Gasteiger partial charge >= 0.3 is 152 Å². The van der Waals surface area contributed by atoms with Crippen LogP contribution in [0.15, 0.2) is 60.7 Å². The molecule has 0 amide bonds. The van der Waals surface area contributed by atoms with E-state index in [-0.39, 0.29) is 5.54 Å². The Labute approximate surface area is 152 Å². The van der Waals surface area contributed by atoms with Crippen molar-refractivity contribution in [3.05, 3.63) is 60.7 Å². The first-order valence-electron chi connectivity index (χ1n) is 8.67. The molecule has 2 atom stereocenters. The van der Waals surface area contributed by atoms with Gasteiger partial charge in [0, 0.05) is 0 Å². The fourth-order valence-electron chi connectivity index (χ4n) is 4.24. The van der Waals surface area contributed by atoms with Crippen LogP contribution in [0.3, 0.4) is 0 Å². The van der Waals surface area contributed by atoms with Crippen LogP contribution >= 0.6 is 5.51 Å². The summed E-state index contributed by atoms with van der Waals surface area (Å²) in [5.41, 5.74) is -0.972. The van der Waals surface area contributed by atoms with Gasteiger partial charge < -0.3 is 0 Å². The Kier molecular flexibility index (Phi) is 4.35. The van der Waals surface area contributed by atoms with E-state index >= 15 is 0 Å². The second-order valence-electron chi connectivity index (χ2n) is 7.44. The Morgan fingerprint density at radius 1 is 1.00 bits per heavy atom. The minimum atomic E-state index is -1.64. The molecule has 4 rings (SSSR count). The molecular weight excluding hydrogens is 380 g/mol. The van der Waals surface area contributed by atoms with Crippen molar-refractivity contribution >= 4 is 31.2 Å². The van der Waals surface area contributed by atoms with Crippen LogP contribution in [0, 0.1) is 0 Å². The number of hydroxylamine groups is 2. The van der Waals surface area contributed by atoms with Gasteiger partial charge in [-0.3, -0.25) is 0 Å². The summed E-state index contributed by atoms with van der Waals surface area (Å²) in [5.74, 6) is 0. The van der Waals surface area contributed by atoms with E-state index in [0.717, 1.165) is 6.61 Å². The molecule has 2 aromatic rings. The molecule has 2 aliphatic rings. The normalized spacial score (nSPS) is 26.4. The summed E-state index contributed by atoms with van der Waals surface area (Å²) in [5, 5.41) is 5.18. The Balaban J connectivity index is 1.82. The second kappa shape index (κ2) is 6.23. The van der Waals surface area contributed by atoms with Gasteiger partial charge in [0.15, 0.2) is 0 Å². The molecule has 2 aliphatic heterocycles. The van der Waals surface area contributed by atoms with Gasteiger partial charge in [-0.25, -0.2) is 0 Å². The zero-order chi connectivity index (χ0) is 16.8. The summed E-state index contributed by atoms with van der Waals surface area (Å²) in [6.45, 7) is 5.43. The Bertz CT molecular complexity index is 718. The first kappa shape index (κ1) is 16.8. The predicted octanol–water partition coefficient (Wildman–Crippen LogP) is 3.30. The monoisotopic (exact) mass is 405 g/mol. The van der Waals surface area contributed by atoms with Crippen LogP contribution in [0.25, 0.3) is 0 Å². The standard InChI is InChI=1S/C20H24NOPSe/c1-20(2)14-13-18-19(15-22-21(18)20)23(24,16-9-5-3-6-10-16)17-11-7-4-8-12-17/h3-12,18-19H,13-15H2,1-2H3/t18-,19+/m1/s1. The molecule has 2 saturated heterocycles. The first-order chi connectivity index (χ1) is 11.5. The molecule has 24 heavy (non-hydrogen) atoms. The average Bonchev–Trinajstić information content (AvgIpc) is 3.17. The fraction of sp³-hybridized carbons (Fsp3) is 0.400. The molecule has 4 heteroatoms. The number of hydrogen-bond acceptors (Lipinski definition) is 2. The van der Waals surface area contributed by atoms with Crippen LogP contribution in [-0.4, -0.2) is 44.0 Å². The molecule has 0 spiro atoms. The van der Waals surface area contributed by atoms with Gasteiger partial charge in [0.25, 0.3) is 0 Å². The van der Waals surface area contributed by atoms with Gasteiger partial charge in [0.05, 0.1) is 0 Å². The molecule has 0 radical (unpaired) electrons. The molecule has 2 heterocycles. The quantitative estimate of drug-likeness (QED) is 0.575. The van der Waals surface area contributed by atoms with E-state index in [2.05, 4.69) is 94.7 Å². The van der Waals surface area contributed by atoms with E-state index in [1.165, 1.54) is 23.5 Å². The van der Waals surface area contributed by atoms with E-state index in [1.54, 1.807) is 0 Å². The van der Waals surface area contributed by atoms with Crippen LogP contribution in [0.4, 0.5) is 0 Å². The molecule has 0 saturated carbocycles. The summed E-state index contributed by atoms with van der Waals surface area (Å²) in [7, 11) is 0. The molecule has 2 nitrogen and oxygen atoms in total. The average molecular weight is 404 g/mol. The number of benzene rings is 2. The van der Waals surface area contributed by atoms with E-state index in [0.29, 0.717) is 11.7 Å². The zero-order valence-electron chi connectivity index (χ0n) is 14.3. The van der Waals surface area contributed by atoms with Gasteiger partial charge in [-0.05, 0) is 0 Å². The third-order valence-corrected chi connectivity index (χ3v) is 13.4. The summed E-state index contributed by atoms with van der Waals surface area (Å²) in [6.07, 6.45) is 2.43. The van der Waals surface area contributed by atoms with Gasteiger partial charge in [-0.1, -0.05) is 0 Å². The van der Waals surface area contributed by atoms with Crippen molar-refractivity contribution in [2.24, 2.45) is 0 Å². The third-order valence-electron chi connectivity index (χ3n) is 5.52. The van der Waals surface area contributed by atoms with E-state index in [4.69, 9.17) is 4.84 Å². The number of rotatable bonds is 3. The van der Waals surface area contributed by atoms with Gasteiger partial charge in [-0.15, -0.1) is 0 Å². The van der Waals surface area contributed by atoms with Crippen LogP contribution < -0.4 is 10.6 Å². The van der Waals surface area contributed by atoms with Crippen molar-refractivity contribution in [1.29, 1.82) is 0 Å². The zero-order valence-corrected chi connectivity index (χ0v) is 16.9. The first-order valence-corrected chi connectivity index (χ1v) is 12.7. The van der Waals surface area contributed by atoms with Crippen molar-refractivity contribution in [2.45, 2.75) is 43.9 Å². The Morgan fingerprint density at radius 3 is 2.08 bits per heavy atom. The second-order valence-corrected chi connectivity index (χ2v) is 14.1. The number of hydrogen-bond donors (Lipinski definition) is 0. The SMILES string of the molecule is CC1(C)CC[C@@H]2[C@@H](P(=[Se])(c3ccccc3)c3ccccc3)CON21. The van der Waals surface area contributed by atoms with E-state index in [1.807, 2.05) is 0 Å². The fourth-order valence-corrected chi connectivity index (χ4v) is 10.4. The van der Waals surface area contributed by atoms with Crippen LogP contribution in [0.2, 0.25) is 0 Å². The molecule has 0 bridgehead atoms. The summed E-state index contributed by atoms with van der Waals surface area (Å²) in [6, 6.07) is 22.5. The van der Waals surface area contributed by atoms with Crippen LogP contribution in [0.5, 0.6) is 0 Å².